The number of hydrogen-bond acceptors (Lipinski definition) is 7. The number of anilines is 1. The molecule has 0 aliphatic carbocycles. The first-order valence-electron chi connectivity index (χ1n) is 10.2. The van der Waals surface area contributed by atoms with Gasteiger partial charge in [-0.3, -0.25) is 19.6 Å². The van der Waals surface area contributed by atoms with Gasteiger partial charge in [-0.25, -0.2) is 4.79 Å². The Kier molecular flexibility index (Phi) is 6.59. The van der Waals surface area contributed by atoms with E-state index in [9.17, 15) is 19.5 Å². The average molecular weight is 438 g/mol. The van der Waals surface area contributed by atoms with Crippen molar-refractivity contribution in [3.8, 4) is 0 Å². The van der Waals surface area contributed by atoms with E-state index in [-0.39, 0.29) is 17.8 Å². The molecule has 32 heavy (non-hydrogen) atoms. The number of aliphatic carboxylic acids is 1. The summed E-state index contributed by atoms with van der Waals surface area (Å²) in [7, 11) is 0. The zero-order valence-electron chi connectivity index (χ0n) is 18.4. The van der Waals surface area contributed by atoms with Gasteiger partial charge in [-0.2, -0.15) is 5.01 Å². The van der Waals surface area contributed by atoms with Gasteiger partial charge in [0.1, 0.15) is 5.70 Å². The van der Waals surface area contributed by atoms with Crippen molar-refractivity contribution in [3.63, 3.8) is 0 Å². The molecule has 3 rings (SSSR count). The van der Waals surface area contributed by atoms with E-state index in [1.807, 2.05) is 6.07 Å². The molecular formula is C23H26N4O5. The average Bonchev–Trinajstić information content (AvgIpc) is 2.74. The van der Waals surface area contributed by atoms with Crippen LogP contribution in [0.5, 0.6) is 0 Å². The summed E-state index contributed by atoms with van der Waals surface area (Å²) in [5.41, 5.74) is -0.448. The zero-order valence-corrected chi connectivity index (χ0v) is 18.4. The molecule has 1 aliphatic rings. The maximum atomic E-state index is 13.5. The molecule has 9 nitrogen and oxygen atoms in total. The largest absolute Gasteiger partial charge is 0.478 e. The summed E-state index contributed by atoms with van der Waals surface area (Å²) in [4.78, 5) is 42.0. The molecule has 0 fully saturated rings. The first-order valence-corrected chi connectivity index (χ1v) is 10.2. The number of carboxylic acids is 1. The minimum Gasteiger partial charge on any atom is -0.478 e. The van der Waals surface area contributed by atoms with Crippen LogP contribution < -0.4 is 5.32 Å². The highest BCUT2D eigenvalue weighted by Crippen LogP contribution is 2.41. The minimum absolute atomic E-state index is 0.0731. The topological polar surface area (TPSA) is 112 Å². The number of carbonyl (C=O) groups is 3. The molecular weight excluding hydrogens is 412 g/mol. The van der Waals surface area contributed by atoms with E-state index in [0.29, 0.717) is 11.3 Å². The molecule has 1 aromatic carbocycles. The van der Waals surface area contributed by atoms with Gasteiger partial charge in [-0.1, -0.05) is 30.3 Å². The molecule has 0 bridgehead atoms. The van der Waals surface area contributed by atoms with Crippen LogP contribution in [0.4, 0.5) is 5.69 Å². The summed E-state index contributed by atoms with van der Waals surface area (Å²) in [6.07, 6.45) is 3.08. The number of hydrogen-bond donors (Lipinski definition) is 2. The van der Waals surface area contributed by atoms with E-state index in [1.54, 1.807) is 63.4 Å². The number of ether oxygens (including phenoxy) is 1. The van der Waals surface area contributed by atoms with E-state index in [0.717, 1.165) is 0 Å². The fraction of sp³-hybridized carbons (Fsp3) is 0.304. The van der Waals surface area contributed by atoms with Crippen LogP contribution in [0.2, 0.25) is 0 Å². The number of carbonyl (C=O) groups excluding carboxylic acids is 2. The number of nitrogens with zero attached hydrogens (tertiary/aromatic N) is 3. The number of rotatable bonds is 7. The van der Waals surface area contributed by atoms with Gasteiger partial charge in [0, 0.05) is 19.7 Å². The van der Waals surface area contributed by atoms with Crippen molar-refractivity contribution in [1.82, 2.24) is 15.0 Å². The van der Waals surface area contributed by atoms with Crippen molar-refractivity contribution in [2.75, 3.05) is 11.9 Å². The van der Waals surface area contributed by atoms with E-state index >= 15 is 0 Å². The van der Waals surface area contributed by atoms with Crippen LogP contribution in [0.15, 0.2) is 66.1 Å². The molecule has 0 saturated heterocycles. The Bertz CT molecular complexity index is 1040. The van der Waals surface area contributed by atoms with Crippen LogP contribution in [0, 0.1) is 0 Å². The van der Waals surface area contributed by atoms with E-state index in [2.05, 4.69) is 10.3 Å². The Morgan fingerprint density at radius 2 is 1.88 bits per heavy atom. The summed E-state index contributed by atoms with van der Waals surface area (Å²) in [6, 6.07) is 11.4. The number of amides is 1. The van der Waals surface area contributed by atoms with Gasteiger partial charge >= 0.3 is 11.9 Å². The maximum absolute atomic E-state index is 13.5. The summed E-state index contributed by atoms with van der Waals surface area (Å²) in [6.45, 7) is 6.51. The number of nitrogens with one attached hydrogen (secondary N) is 1. The lowest BCUT2D eigenvalue weighted by Crippen LogP contribution is -2.63. The molecule has 1 aliphatic heterocycles. The lowest BCUT2D eigenvalue weighted by atomic mass is 9.92. The second-order valence-corrected chi connectivity index (χ2v) is 7.68. The Labute approximate surface area is 186 Å². The SMILES string of the molecule is CCN1C(=O)C(Nc2cccnc2)=C(C(=O)O)C(c2ccccc2)N1C(C)(C)OC(C)=O. The van der Waals surface area contributed by atoms with Crippen LogP contribution in [0.25, 0.3) is 0 Å². The van der Waals surface area contributed by atoms with Crippen molar-refractivity contribution in [2.45, 2.75) is 39.5 Å². The Morgan fingerprint density at radius 3 is 2.41 bits per heavy atom. The van der Waals surface area contributed by atoms with Crippen LogP contribution in [0.1, 0.15) is 39.3 Å². The number of esters is 1. The smallest absolute Gasteiger partial charge is 0.335 e. The number of likely N-dealkylation sites (N-methyl/N-ethyl adjacent to an activating group) is 1. The predicted octanol–water partition coefficient (Wildman–Crippen LogP) is 2.95. The Morgan fingerprint density at radius 1 is 1.19 bits per heavy atom. The standard InChI is InChI=1S/C23H26N4O5/c1-5-26-21(29)19(25-17-12-9-13-24-14-17)18(22(30)31)20(16-10-7-6-8-11-16)27(26)23(3,4)32-15(2)28/h6-14,20,25H,5H2,1-4H3,(H,30,31). The second kappa shape index (κ2) is 9.19. The van der Waals surface area contributed by atoms with Crippen molar-refractivity contribution >= 4 is 23.5 Å². The third-order valence-electron chi connectivity index (χ3n) is 5.02. The highest BCUT2D eigenvalue weighted by molar-refractivity contribution is 6.06. The molecule has 1 atom stereocenters. The second-order valence-electron chi connectivity index (χ2n) is 7.68. The number of hydrazine groups is 1. The number of aromatic nitrogens is 1. The van der Waals surface area contributed by atoms with Crippen LogP contribution in [-0.4, -0.2) is 50.2 Å². The Balaban J connectivity index is 2.28. The highest BCUT2D eigenvalue weighted by Gasteiger charge is 2.50. The summed E-state index contributed by atoms with van der Waals surface area (Å²) >= 11 is 0. The van der Waals surface area contributed by atoms with Gasteiger partial charge in [0.2, 0.25) is 0 Å². The first kappa shape index (κ1) is 23.0. The fourth-order valence-corrected chi connectivity index (χ4v) is 3.91. The molecule has 168 valence electrons. The molecule has 0 radical (unpaired) electrons. The van der Waals surface area contributed by atoms with Gasteiger partial charge in [0.25, 0.3) is 5.91 Å². The van der Waals surface area contributed by atoms with Gasteiger partial charge in [0.15, 0.2) is 5.72 Å². The lowest BCUT2D eigenvalue weighted by Gasteiger charge is -2.51. The van der Waals surface area contributed by atoms with Gasteiger partial charge in [-0.05, 0) is 38.5 Å². The van der Waals surface area contributed by atoms with Gasteiger partial charge < -0.3 is 15.2 Å². The quantitative estimate of drug-likeness (QED) is 0.635. The maximum Gasteiger partial charge on any atom is 0.335 e. The van der Waals surface area contributed by atoms with Crippen molar-refractivity contribution in [1.29, 1.82) is 0 Å². The van der Waals surface area contributed by atoms with E-state index < -0.39 is 29.6 Å². The molecule has 1 amide bonds. The lowest BCUT2D eigenvalue weighted by molar-refractivity contribution is -0.231. The number of benzene rings is 1. The monoisotopic (exact) mass is 438 g/mol. The zero-order chi connectivity index (χ0) is 23.5. The van der Waals surface area contributed by atoms with Crippen molar-refractivity contribution in [2.24, 2.45) is 0 Å². The molecule has 2 aromatic rings. The Hall–Kier alpha value is -3.72. The molecule has 1 unspecified atom stereocenters. The highest BCUT2D eigenvalue weighted by atomic mass is 16.6. The third kappa shape index (κ3) is 4.47. The number of pyridine rings is 1. The van der Waals surface area contributed by atoms with Crippen LogP contribution >= 0.6 is 0 Å². The van der Waals surface area contributed by atoms with Gasteiger partial charge in [-0.15, -0.1) is 0 Å². The predicted molar refractivity (Wildman–Crippen MR) is 117 cm³/mol. The summed E-state index contributed by atoms with van der Waals surface area (Å²) in [5, 5.41) is 16.1. The van der Waals surface area contributed by atoms with Gasteiger partial charge in [0.05, 0.1) is 23.5 Å². The summed E-state index contributed by atoms with van der Waals surface area (Å²) < 4.78 is 5.54. The summed E-state index contributed by atoms with van der Waals surface area (Å²) in [5.74, 6) is -2.37. The molecule has 0 spiro atoms. The van der Waals surface area contributed by atoms with E-state index in [1.165, 1.54) is 23.1 Å². The van der Waals surface area contributed by atoms with Crippen molar-refractivity contribution < 1.29 is 24.2 Å². The molecule has 2 heterocycles. The van der Waals surface area contributed by atoms with E-state index in [4.69, 9.17) is 4.74 Å². The normalized spacial score (nSPS) is 17.3. The van der Waals surface area contributed by atoms with Crippen LogP contribution in [-0.2, 0) is 19.1 Å². The molecule has 9 heteroatoms. The van der Waals surface area contributed by atoms with Crippen molar-refractivity contribution in [3.05, 3.63) is 71.7 Å². The first-order chi connectivity index (χ1) is 15.2. The molecule has 2 N–H and O–H groups in total. The minimum atomic E-state index is -1.32. The third-order valence-corrected chi connectivity index (χ3v) is 5.02. The molecule has 1 aromatic heterocycles. The molecule has 0 saturated carbocycles. The van der Waals surface area contributed by atoms with Crippen LogP contribution in [0.3, 0.4) is 0 Å². The fourth-order valence-electron chi connectivity index (χ4n) is 3.91. The number of carboxylic acid groups (broad SMARTS) is 1.